The van der Waals surface area contributed by atoms with Gasteiger partial charge in [0.2, 0.25) is 0 Å². The number of fused-ring (bicyclic) bond motifs is 1. The average molecular weight is 376 g/mol. The molecule has 0 spiro atoms. The number of amides is 1. The molecule has 0 bridgehead atoms. The number of nitrogens with one attached hydrogen (secondary N) is 2. The Labute approximate surface area is 155 Å². The molecule has 0 saturated heterocycles. The Morgan fingerprint density at radius 3 is 2.88 bits per heavy atom. The van der Waals surface area contributed by atoms with E-state index < -0.39 is 5.97 Å². The van der Waals surface area contributed by atoms with Crippen molar-refractivity contribution in [1.82, 2.24) is 10.3 Å². The first-order valence-electron chi connectivity index (χ1n) is 8.51. The van der Waals surface area contributed by atoms with E-state index in [9.17, 15) is 14.0 Å². The van der Waals surface area contributed by atoms with Crippen molar-refractivity contribution in [3.63, 3.8) is 0 Å². The van der Waals surface area contributed by atoms with Gasteiger partial charge in [0.25, 0.3) is 5.91 Å². The molecule has 2 aromatic rings. The lowest BCUT2D eigenvalue weighted by Crippen LogP contribution is -2.31. The Balaban J connectivity index is 1.85. The lowest BCUT2D eigenvalue weighted by atomic mass is 10.0. The number of carbonyl (C=O) groups excluding carboxylic acids is 2. The van der Waals surface area contributed by atoms with Gasteiger partial charge in [0.05, 0.1) is 18.2 Å². The molecule has 7 heteroatoms. The number of aromatic nitrogens is 1. The van der Waals surface area contributed by atoms with E-state index in [2.05, 4.69) is 10.3 Å². The second kappa shape index (κ2) is 7.53. The van der Waals surface area contributed by atoms with E-state index in [0.29, 0.717) is 22.5 Å². The number of rotatable bonds is 4. The van der Waals surface area contributed by atoms with Crippen LogP contribution < -0.4 is 5.32 Å². The van der Waals surface area contributed by atoms with E-state index in [4.69, 9.17) is 4.74 Å². The van der Waals surface area contributed by atoms with Crippen LogP contribution in [-0.2, 0) is 4.74 Å². The first-order chi connectivity index (χ1) is 12.4. The Morgan fingerprint density at radius 2 is 2.15 bits per heavy atom. The van der Waals surface area contributed by atoms with Crippen LogP contribution in [0.4, 0.5) is 4.39 Å². The number of aryl methyl sites for hydroxylation is 1. The first-order valence-corrected chi connectivity index (χ1v) is 9.50. The molecule has 1 atom stereocenters. The minimum atomic E-state index is -0.445. The number of aromatic amines is 1. The summed E-state index contributed by atoms with van der Waals surface area (Å²) in [4.78, 5) is 28.8. The number of hydrogen-bond acceptors (Lipinski definition) is 4. The van der Waals surface area contributed by atoms with Gasteiger partial charge in [-0.3, -0.25) is 4.79 Å². The SMILES string of the molecule is CCOC(=O)c1c(C)[nH]c(C(=O)NC2CCSc3ccc(F)cc32)c1C. The number of halogens is 1. The Morgan fingerprint density at radius 1 is 1.38 bits per heavy atom. The number of ether oxygens (including phenoxy) is 1. The lowest BCUT2D eigenvalue weighted by Gasteiger charge is -2.26. The molecule has 3 rings (SSSR count). The van der Waals surface area contributed by atoms with Crippen LogP contribution >= 0.6 is 11.8 Å². The number of H-pyrrole nitrogens is 1. The summed E-state index contributed by atoms with van der Waals surface area (Å²) >= 11 is 1.66. The van der Waals surface area contributed by atoms with Crippen molar-refractivity contribution in [2.75, 3.05) is 12.4 Å². The van der Waals surface area contributed by atoms with Crippen LogP contribution in [0.5, 0.6) is 0 Å². The Bertz CT molecular complexity index is 863. The third kappa shape index (κ3) is 3.49. The molecule has 2 N–H and O–H groups in total. The summed E-state index contributed by atoms with van der Waals surface area (Å²) < 4.78 is 18.7. The quantitative estimate of drug-likeness (QED) is 0.794. The van der Waals surface area contributed by atoms with Gasteiger partial charge >= 0.3 is 5.97 Å². The molecular formula is C19H21FN2O3S. The van der Waals surface area contributed by atoms with Crippen molar-refractivity contribution >= 4 is 23.6 Å². The van der Waals surface area contributed by atoms with Gasteiger partial charge in [-0.1, -0.05) is 0 Å². The van der Waals surface area contributed by atoms with E-state index in [1.165, 1.54) is 12.1 Å². The predicted octanol–water partition coefficient (Wildman–Crippen LogP) is 3.91. The van der Waals surface area contributed by atoms with Gasteiger partial charge in [0.1, 0.15) is 11.5 Å². The fraction of sp³-hybridized carbons (Fsp3) is 0.368. The zero-order valence-electron chi connectivity index (χ0n) is 14.9. The summed E-state index contributed by atoms with van der Waals surface area (Å²) in [5.41, 5.74) is 2.67. The Kier molecular flexibility index (Phi) is 5.36. The third-order valence-corrected chi connectivity index (χ3v) is 5.58. The second-order valence-corrected chi connectivity index (χ2v) is 7.33. The second-order valence-electron chi connectivity index (χ2n) is 6.19. The monoisotopic (exact) mass is 376 g/mol. The largest absolute Gasteiger partial charge is 0.462 e. The van der Waals surface area contributed by atoms with Crippen molar-refractivity contribution in [2.45, 2.75) is 38.1 Å². The first kappa shape index (κ1) is 18.5. The molecule has 2 heterocycles. The summed E-state index contributed by atoms with van der Waals surface area (Å²) in [6, 6.07) is 4.39. The third-order valence-electron chi connectivity index (χ3n) is 4.46. The fourth-order valence-electron chi connectivity index (χ4n) is 3.23. The van der Waals surface area contributed by atoms with E-state index in [-0.39, 0.29) is 24.4 Å². The highest BCUT2D eigenvalue weighted by atomic mass is 32.2. The molecule has 1 unspecified atom stereocenters. The molecule has 1 aliphatic rings. The van der Waals surface area contributed by atoms with Gasteiger partial charge in [-0.05, 0) is 56.5 Å². The maximum absolute atomic E-state index is 13.6. The van der Waals surface area contributed by atoms with Crippen LogP contribution in [0.25, 0.3) is 0 Å². The molecule has 0 aliphatic carbocycles. The molecule has 1 aliphatic heterocycles. The molecule has 1 amide bonds. The minimum Gasteiger partial charge on any atom is -0.462 e. The average Bonchev–Trinajstić information content (AvgIpc) is 2.90. The van der Waals surface area contributed by atoms with Gasteiger partial charge in [0, 0.05) is 16.3 Å². The number of esters is 1. The topological polar surface area (TPSA) is 71.2 Å². The van der Waals surface area contributed by atoms with Crippen LogP contribution in [0, 0.1) is 19.7 Å². The smallest absolute Gasteiger partial charge is 0.340 e. The van der Waals surface area contributed by atoms with Crippen LogP contribution in [0.15, 0.2) is 23.1 Å². The van der Waals surface area contributed by atoms with Crippen molar-refractivity contribution in [3.05, 3.63) is 52.1 Å². The standard InChI is InChI=1S/C19H21FN2O3S/c1-4-25-19(24)16-10(2)17(21-11(16)3)18(23)22-14-7-8-26-15-6-5-12(20)9-13(14)15/h5-6,9,14,21H,4,7-8H2,1-3H3,(H,22,23). The molecule has 5 nitrogen and oxygen atoms in total. The van der Waals surface area contributed by atoms with Crippen LogP contribution in [0.1, 0.15) is 57.1 Å². The minimum absolute atomic E-state index is 0.261. The van der Waals surface area contributed by atoms with Gasteiger partial charge in [-0.15, -0.1) is 11.8 Å². The molecular weight excluding hydrogens is 355 g/mol. The maximum Gasteiger partial charge on any atom is 0.340 e. The predicted molar refractivity (Wildman–Crippen MR) is 98.2 cm³/mol. The van der Waals surface area contributed by atoms with Gasteiger partial charge in [-0.2, -0.15) is 0 Å². The van der Waals surface area contributed by atoms with Gasteiger partial charge < -0.3 is 15.0 Å². The van der Waals surface area contributed by atoms with Crippen molar-refractivity contribution in [3.8, 4) is 0 Å². The van der Waals surface area contributed by atoms with Crippen LogP contribution in [0.3, 0.4) is 0 Å². The zero-order valence-corrected chi connectivity index (χ0v) is 15.8. The van der Waals surface area contributed by atoms with E-state index in [1.54, 1.807) is 38.6 Å². The summed E-state index contributed by atoms with van der Waals surface area (Å²) in [6.45, 7) is 5.46. The number of thioether (sulfide) groups is 1. The number of carbonyl (C=O) groups is 2. The molecule has 0 fully saturated rings. The van der Waals surface area contributed by atoms with Crippen molar-refractivity contribution < 1.29 is 18.7 Å². The molecule has 1 aromatic carbocycles. The van der Waals surface area contributed by atoms with E-state index in [1.807, 2.05) is 0 Å². The highest BCUT2D eigenvalue weighted by molar-refractivity contribution is 7.99. The van der Waals surface area contributed by atoms with E-state index >= 15 is 0 Å². The molecule has 0 radical (unpaired) electrons. The zero-order chi connectivity index (χ0) is 18.8. The molecule has 0 saturated carbocycles. The van der Waals surface area contributed by atoms with Crippen LogP contribution in [-0.4, -0.2) is 29.2 Å². The van der Waals surface area contributed by atoms with Crippen molar-refractivity contribution in [1.29, 1.82) is 0 Å². The highest BCUT2D eigenvalue weighted by Gasteiger charge is 2.27. The summed E-state index contributed by atoms with van der Waals surface area (Å²) in [7, 11) is 0. The Hall–Kier alpha value is -2.28. The number of benzene rings is 1. The lowest BCUT2D eigenvalue weighted by molar-refractivity contribution is 0.0525. The van der Waals surface area contributed by atoms with E-state index in [0.717, 1.165) is 22.6 Å². The van der Waals surface area contributed by atoms with Gasteiger partial charge in [-0.25, -0.2) is 9.18 Å². The van der Waals surface area contributed by atoms with Crippen LogP contribution in [0.2, 0.25) is 0 Å². The summed E-state index contributed by atoms with van der Waals surface area (Å²) in [5, 5.41) is 2.97. The molecule has 138 valence electrons. The number of hydrogen-bond donors (Lipinski definition) is 2. The highest BCUT2D eigenvalue weighted by Crippen LogP contribution is 2.36. The normalized spacial score (nSPS) is 16.1. The summed E-state index contributed by atoms with van der Waals surface area (Å²) in [5.74, 6) is -0.227. The van der Waals surface area contributed by atoms with Crippen molar-refractivity contribution in [2.24, 2.45) is 0 Å². The molecule has 26 heavy (non-hydrogen) atoms. The maximum atomic E-state index is 13.6. The summed E-state index contributed by atoms with van der Waals surface area (Å²) in [6.07, 6.45) is 0.719. The molecule has 1 aromatic heterocycles. The fourth-order valence-corrected chi connectivity index (χ4v) is 4.34. The van der Waals surface area contributed by atoms with Gasteiger partial charge in [0.15, 0.2) is 0 Å².